The van der Waals surface area contributed by atoms with Crippen molar-refractivity contribution >= 4 is 22.9 Å². The van der Waals surface area contributed by atoms with Gasteiger partial charge in [-0.3, -0.25) is 4.79 Å². The highest BCUT2D eigenvalue weighted by Gasteiger charge is 2.16. The molecule has 1 aromatic carbocycles. The van der Waals surface area contributed by atoms with Crippen molar-refractivity contribution < 1.29 is 14.7 Å². The lowest BCUT2D eigenvalue weighted by atomic mass is 10.2. The molecular weight excluding hydrogens is 258 g/mol. The number of fused-ring (bicyclic) bond motifs is 1. The van der Waals surface area contributed by atoms with Gasteiger partial charge in [-0.25, -0.2) is 9.78 Å². The molecule has 1 aromatic heterocycles. The number of amides is 1. The number of nitrogens with zero attached hydrogens (tertiary/aromatic N) is 2. The molecule has 2 N–H and O–H groups in total. The van der Waals surface area contributed by atoms with Crippen molar-refractivity contribution in [2.24, 2.45) is 0 Å². The van der Waals surface area contributed by atoms with Gasteiger partial charge in [-0.05, 0) is 12.1 Å². The maximum atomic E-state index is 11.4. The SMILES string of the molecule is CCc1nc2c(C(=O)O)cccc2n1CCC(=O)NC. The first kappa shape index (κ1) is 14.0. The second-order valence-electron chi connectivity index (χ2n) is 4.43. The number of rotatable bonds is 5. The van der Waals surface area contributed by atoms with E-state index in [0.29, 0.717) is 24.9 Å². The maximum Gasteiger partial charge on any atom is 0.337 e. The summed E-state index contributed by atoms with van der Waals surface area (Å²) in [7, 11) is 1.59. The topological polar surface area (TPSA) is 84.2 Å². The Morgan fingerprint density at radius 2 is 2.15 bits per heavy atom. The van der Waals surface area contributed by atoms with Crippen molar-refractivity contribution in [1.29, 1.82) is 0 Å². The Labute approximate surface area is 116 Å². The number of benzene rings is 1. The zero-order valence-corrected chi connectivity index (χ0v) is 11.5. The minimum absolute atomic E-state index is 0.0525. The number of carboxylic acid groups (broad SMARTS) is 1. The Kier molecular flexibility index (Phi) is 4.02. The zero-order valence-electron chi connectivity index (χ0n) is 11.5. The minimum atomic E-state index is -0.991. The summed E-state index contributed by atoms with van der Waals surface area (Å²) in [6.45, 7) is 2.44. The Bertz CT molecular complexity index is 661. The van der Waals surface area contributed by atoms with Crippen LogP contribution < -0.4 is 5.32 Å². The van der Waals surface area contributed by atoms with Crippen molar-refractivity contribution in [2.75, 3.05) is 7.05 Å². The summed E-state index contributed by atoms with van der Waals surface area (Å²) in [6, 6.07) is 5.07. The van der Waals surface area contributed by atoms with Crippen molar-refractivity contribution in [1.82, 2.24) is 14.9 Å². The smallest absolute Gasteiger partial charge is 0.337 e. The third kappa shape index (κ3) is 2.49. The number of para-hydroxylation sites is 1. The molecule has 0 unspecified atom stereocenters. The van der Waals surface area contributed by atoms with E-state index in [1.807, 2.05) is 17.6 Å². The predicted molar refractivity (Wildman–Crippen MR) is 74.8 cm³/mol. The van der Waals surface area contributed by atoms with Gasteiger partial charge in [0.1, 0.15) is 11.3 Å². The number of nitrogens with one attached hydrogen (secondary N) is 1. The second-order valence-corrected chi connectivity index (χ2v) is 4.43. The van der Waals surface area contributed by atoms with Crippen LogP contribution in [0.4, 0.5) is 0 Å². The molecule has 0 fully saturated rings. The Morgan fingerprint density at radius 1 is 1.40 bits per heavy atom. The van der Waals surface area contributed by atoms with E-state index in [1.165, 1.54) is 0 Å². The average Bonchev–Trinajstić information content (AvgIpc) is 2.81. The third-order valence-electron chi connectivity index (χ3n) is 3.25. The molecule has 1 amide bonds. The van der Waals surface area contributed by atoms with Crippen LogP contribution in [0.3, 0.4) is 0 Å². The number of imidazole rings is 1. The Balaban J connectivity index is 2.49. The number of aromatic nitrogens is 2. The lowest BCUT2D eigenvalue weighted by Crippen LogP contribution is -2.20. The quantitative estimate of drug-likeness (QED) is 0.864. The van der Waals surface area contributed by atoms with E-state index in [4.69, 9.17) is 0 Å². The number of aromatic carboxylic acids is 1. The number of carbonyl (C=O) groups excluding carboxylic acids is 1. The highest BCUT2D eigenvalue weighted by Crippen LogP contribution is 2.21. The van der Waals surface area contributed by atoms with E-state index in [9.17, 15) is 14.7 Å². The van der Waals surface area contributed by atoms with E-state index in [1.54, 1.807) is 19.2 Å². The van der Waals surface area contributed by atoms with Gasteiger partial charge in [0, 0.05) is 26.4 Å². The fourth-order valence-corrected chi connectivity index (χ4v) is 2.23. The van der Waals surface area contributed by atoms with Crippen LogP contribution in [-0.2, 0) is 17.8 Å². The van der Waals surface area contributed by atoms with Gasteiger partial charge in [0.15, 0.2) is 0 Å². The van der Waals surface area contributed by atoms with Crippen molar-refractivity contribution in [3.05, 3.63) is 29.6 Å². The van der Waals surface area contributed by atoms with Crippen LogP contribution in [0.2, 0.25) is 0 Å². The Hall–Kier alpha value is -2.37. The number of aryl methyl sites for hydroxylation is 2. The normalized spacial score (nSPS) is 10.7. The molecule has 106 valence electrons. The molecule has 0 aliphatic carbocycles. The summed E-state index contributed by atoms with van der Waals surface area (Å²) >= 11 is 0. The molecule has 0 bridgehead atoms. The molecule has 2 rings (SSSR count). The van der Waals surface area contributed by atoms with Gasteiger partial charge >= 0.3 is 5.97 Å². The van der Waals surface area contributed by atoms with E-state index < -0.39 is 5.97 Å². The summed E-state index contributed by atoms with van der Waals surface area (Å²) in [6.07, 6.45) is 1.02. The molecule has 6 nitrogen and oxygen atoms in total. The zero-order chi connectivity index (χ0) is 14.7. The highest BCUT2D eigenvalue weighted by molar-refractivity contribution is 6.01. The van der Waals surface area contributed by atoms with Crippen LogP contribution in [0.15, 0.2) is 18.2 Å². The fourth-order valence-electron chi connectivity index (χ4n) is 2.23. The molecule has 0 spiro atoms. The van der Waals surface area contributed by atoms with Gasteiger partial charge in [0.25, 0.3) is 0 Å². The van der Waals surface area contributed by atoms with Crippen LogP contribution in [0.1, 0.15) is 29.5 Å². The van der Waals surface area contributed by atoms with E-state index in [0.717, 1.165) is 11.3 Å². The van der Waals surface area contributed by atoms with Gasteiger partial charge in [-0.2, -0.15) is 0 Å². The van der Waals surface area contributed by atoms with Crippen LogP contribution in [-0.4, -0.2) is 33.6 Å². The number of carboxylic acids is 1. The standard InChI is InChI=1S/C14H17N3O3/c1-3-11-16-13-9(14(19)20)5-4-6-10(13)17(11)8-7-12(18)15-2/h4-6H,3,7-8H2,1-2H3,(H,15,18)(H,19,20). The van der Waals surface area contributed by atoms with Crippen molar-refractivity contribution in [3.8, 4) is 0 Å². The average molecular weight is 275 g/mol. The van der Waals surface area contributed by atoms with Crippen LogP contribution in [0.5, 0.6) is 0 Å². The van der Waals surface area contributed by atoms with Gasteiger partial charge in [-0.1, -0.05) is 13.0 Å². The first-order valence-corrected chi connectivity index (χ1v) is 6.50. The van der Waals surface area contributed by atoms with Crippen molar-refractivity contribution in [3.63, 3.8) is 0 Å². The van der Waals surface area contributed by atoms with E-state index in [2.05, 4.69) is 10.3 Å². The van der Waals surface area contributed by atoms with Crippen LogP contribution in [0, 0.1) is 0 Å². The van der Waals surface area contributed by atoms with Crippen molar-refractivity contribution in [2.45, 2.75) is 26.3 Å². The van der Waals surface area contributed by atoms with Crippen LogP contribution >= 0.6 is 0 Å². The van der Waals surface area contributed by atoms with Crippen LogP contribution in [0.25, 0.3) is 11.0 Å². The van der Waals surface area contributed by atoms with Gasteiger partial charge in [0.2, 0.25) is 5.91 Å². The molecule has 2 aromatic rings. The molecule has 20 heavy (non-hydrogen) atoms. The fraction of sp³-hybridized carbons (Fsp3) is 0.357. The molecular formula is C14H17N3O3. The second kappa shape index (κ2) is 5.73. The highest BCUT2D eigenvalue weighted by atomic mass is 16.4. The Morgan fingerprint density at radius 3 is 2.75 bits per heavy atom. The molecule has 0 aliphatic rings. The molecule has 0 radical (unpaired) electrons. The minimum Gasteiger partial charge on any atom is -0.478 e. The third-order valence-corrected chi connectivity index (χ3v) is 3.25. The molecule has 6 heteroatoms. The first-order valence-electron chi connectivity index (χ1n) is 6.50. The summed E-state index contributed by atoms with van der Waals surface area (Å²) < 4.78 is 1.91. The summed E-state index contributed by atoms with van der Waals surface area (Å²) in [5, 5.41) is 11.8. The van der Waals surface area contributed by atoms with Gasteiger partial charge < -0.3 is 15.0 Å². The van der Waals surface area contributed by atoms with Gasteiger partial charge in [-0.15, -0.1) is 0 Å². The number of hydrogen-bond acceptors (Lipinski definition) is 3. The maximum absolute atomic E-state index is 11.4. The summed E-state index contributed by atoms with van der Waals surface area (Å²) in [4.78, 5) is 27.0. The number of carbonyl (C=O) groups is 2. The molecule has 1 heterocycles. The number of hydrogen-bond donors (Lipinski definition) is 2. The largest absolute Gasteiger partial charge is 0.478 e. The lowest BCUT2D eigenvalue weighted by Gasteiger charge is -2.07. The van der Waals surface area contributed by atoms with E-state index >= 15 is 0 Å². The lowest BCUT2D eigenvalue weighted by molar-refractivity contribution is -0.120. The molecule has 0 aliphatic heterocycles. The monoisotopic (exact) mass is 275 g/mol. The molecule has 0 saturated heterocycles. The first-order chi connectivity index (χ1) is 9.58. The van der Waals surface area contributed by atoms with E-state index in [-0.39, 0.29) is 11.5 Å². The summed E-state index contributed by atoms with van der Waals surface area (Å²) in [5.41, 5.74) is 1.43. The molecule has 0 saturated carbocycles. The predicted octanol–water partition coefficient (Wildman–Crippen LogP) is 1.43. The van der Waals surface area contributed by atoms with Gasteiger partial charge in [0.05, 0.1) is 11.1 Å². The molecule has 0 atom stereocenters. The summed E-state index contributed by atoms with van der Waals surface area (Å²) in [5.74, 6) is -0.255.